The van der Waals surface area contributed by atoms with Crippen molar-refractivity contribution < 1.29 is 19.1 Å². The van der Waals surface area contributed by atoms with Crippen molar-refractivity contribution in [2.45, 2.75) is 12.5 Å². The van der Waals surface area contributed by atoms with Crippen LogP contribution in [0.15, 0.2) is 59.4 Å². The quantitative estimate of drug-likeness (QED) is 0.590. The summed E-state index contributed by atoms with van der Waals surface area (Å²) in [5.41, 5.74) is 0.260. The number of halogens is 1. The zero-order chi connectivity index (χ0) is 21.0. The molecule has 9 heteroatoms. The normalized spacial score (nSPS) is 11.4. The molecule has 0 aliphatic rings. The van der Waals surface area contributed by atoms with Gasteiger partial charge in [-0.3, -0.25) is 19.5 Å². The lowest BCUT2D eigenvalue weighted by Gasteiger charge is -2.17. The van der Waals surface area contributed by atoms with Crippen molar-refractivity contribution in [2.24, 2.45) is 0 Å². The average molecular weight is 394 g/mol. The molecule has 0 radical (unpaired) electrons. The fourth-order valence-corrected chi connectivity index (χ4v) is 2.81. The third-order valence-corrected chi connectivity index (χ3v) is 4.13. The fourth-order valence-electron chi connectivity index (χ4n) is 2.81. The summed E-state index contributed by atoms with van der Waals surface area (Å²) in [4.78, 5) is 36.0. The lowest BCUT2D eigenvalue weighted by atomic mass is 10.0. The highest BCUT2D eigenvalue weighted by Crippen LogP contribution is 2.19. The first kappa shape index (κ1) is 19.6. The van der Waals surface area contributed by atoms with Crippen molar-refractivity contribution in [3.05, 3.63) is 87.6 Å². The number of nitrogens with zero attached hydrogens (tertiary/aromatic N) is 2. The molecule has 0 aliphatic carbocycles. The first-order valence-corrected chi connectivity index (χ1v) is 8.48. The molecule has 1 aromatic heterocycles. The minimum atomic E-state index is -1.15. The Morgan fingerprint density at radius 2 is 1.97 bits per heavy atom. The summed E-state index contributed by atoms with van der Waals surface area (Å²) in [6, 6.07) is 13.5. The van der Waals surface area contributed by atoms with Crippen LogP contribution in [0.2, 0.25) is 0 Å². The molecule has 0 saturated carbocycles. The zero-order valence-electron chi connectivity index (χ0n) is 14.9. The van der Waals surface area contributed by atoms with E-state index in [1.54, 1.807) is 18.2 Å². The minimum Gasteiger partial charge on any atom is -0.481 e. The van der Waals surface area contributed by atoms with Gasteiger partial charge in [-0.2, -0.15) is 5.26 Å². The Morgan fingerprint density at radius 1 is 1.21 bits per heavy atom. The lowest BCUT2D eigenvalue weighted by Crippen LogP contribution is -2.30. The van der Waals surface area contributed by atoms with Crippen molar-refractivity contribution in [1.29, 1.82) is 5.26 Å². The number of H-pyrrole nitrogens is 1. The number of aliphatic carboxylic acids is 1. The number of aromatic nitrogens is 2. The Labute approximate surface area is 163 Å². The molecule has 146 valence electrons. The minimum absolute atomic E-state index is 0.119. The molecule has 0 unspecified atom stereocenters. The van der Waals surface area contributed by atoms with E-state index in [9.17, 15) is 18.8 Å². The van der Waals surface area contributed by atoms with Gasteiger partial charge in [0.2, 0.25) is 0 Å². The second-order valence-electron chi connectivity index (χ2n) is 6.18. The van der Waals surface area contributed by atoms with Crippen LogP contribution in [0.1, 0.15) is 34.1 Å². The van der Waals surface area contributed by atoms with E-state index >= 15 is 0 Å². The number of nitrogens with one attached hydrogen (secondary N) is 2. The van der Waals surface area contributed by atoms with Crippen molar-refractivity contribution in [3.63, 3.8) is 0 Å². The number of hydrogen-bond donors (Lipinski definition) is 3. The molecule has 0 bridgehead atoms. The van der Waals surface area contributed by atoms with Gasteiger partial charge in [0, 0.05) is 6.07 Å². The van der Waals surface area contributed by atoms with Crippen molar-refractivity contribution >= 4 is 11.9 Å². The van der Waals surface area contributed by atoms with Crippen LogP contribution in [0.5, 0.6) is 0 Å². The Kier molecular flexibility index (Phi) is 5.55. The van der Waals surface area contributed by atoms with Crippen LogP contribution in [0.25, 0.3) is 5.69 Å². The van der Waals surface area contributed by atoms with Crippen molar-refractivity contribution in [3.8, 4) is 11.8 Å². The molecule has 8 nitrogen and oxygen atoms in total. The lowest BCUT2D eigenvalue weighted by molar-refractivity contribution is -0.137. The van der Waals surface area contributed by atoms with Crippen molar-refractivity contribution in [2.75, 3.05) is 0 Å². The third kappa shape index (κ3) is 4.56. The highest BCUT2D eigenvalue weighted by Gasteiger charge is 2.21. The number of amides is 1. The van der Waals surface area contributed by atoms with Crippen LogP contribution in [-0.2, 0) is 4.79 Å². The van der Waals surface area contributed by atoms with Gasteiger partial charge in [-0.15, -0.1) is 0 Å². The van der Waals surface area contributed by atoms with E-state index < -0.39 is 35.7 Å². The maximum Gasteiger partial charge on any atom is 0.305 e. The van der Waals surface area contributed by atoms with Gasteiger partial charge >= 0.3 is 5.97 Å². The summed E-state index contributed by atoms with van der Waals surface area (Å²) in [7, 11) is 0. The van der Waals surface area contributed by atoms with E-state index in [2.05, 4.69) is 10.4 Å². The van der Waals surface area contributed by atoms with Crippen molar-refractivity contribution in [1.82, 2.24) is 15.1 Å². The van der Waals surface area contributed by atoms with Gasteiger partial charge < -0.3 is 10.4 Å². The Hall–Kier alpha value is -4.19. The molecule has 0 saturated heterocycles. The zero-order valence-corrected chi connectivity index (χ0v) is 14.9. The molecule has 0 aliphatic heterocycles. The maximum absolute atomic E-state index is 13.4. The van der Waals surface area contributed by atoms with Gasteiger partial charge in [0.15, 0.2) is 0 Å². The topological polar surface area (TPSA) is 128 Å². The van der Waals surface area contributed by atoms with Gasteiger partial charge in [0.1, 0.15) is 11.5 Å². The van der Waals surface area contributed by atoms with Crippen LogP contribution in [-0.4, -0.2) is 26.8 Å². The summed E-state index contributed by atoms with van der Waals surface area (Å²) in [6.07, 6.45) is -0.421. The number of aromatic amines is 1. The van der Waals surface area contributed by atoms with Crippen LogP contribution in [0, 0.1) is 17.1 Å². The molecule has 0 fully saturated rings. The summed E-state index contributed by atoms with van der Waals surface area (Å²) in [5.74, 6) is -2.41. The van der Waals surface area contributed by atoms with Gasteiger partial charge in [0.05, 0.1) is 29.8 Å². The van der Waals surface area contributed by atoms with E-state index in [1.165, 1.54) is 24.3 Å². The second kappa shape index (κ2) is 8.22. The standard InChI is InChI=1S/C20H15FN4O4/c21-14-5-2-6-15(8-14)25-18(26)9-17(24-25)20(29)23-16(10-19(27)28)13-4-1-3-12(7-13)11-22/h1-9,16,24H,10H2,(H,23,29)(H,27,28)/t16-/m0/s1. The summed E-state index contributed by atoms with van der Waals surface area (Å²) in [5, 5.41) is 23.3. The molecular weight excluding hydrogens is 379 g/mol. The molecule has 3 N–H and O–H groups in total. The first-order chi connectivity index (χ1) is 13.9. The van der Waals surface area contributed by atoms with Crippen LogP contribution in [0.3, 0.4) is 0 Å². The monoisotopic (exact) mass is 394 g/mol. The Balaban J connectivity index is 1.88. The maximum atomic E-state index is 13.4. The number of hydrogen-bond acceptors (Lipinski definition) is 4. The van der Waals surface area contributed by atoms with E-state index in [-0.39, 0.29) is 11.4 Å². The SMILES string of the molecule is N#Cc1cccc([C@H](CC(=O)O)NC(=O)c2cc(=O)n(-c3cccc(F)c3)[nH]2)c1. The van der Waals surface area contributed by atoms with E-state index in [0.29, 0.717) is 11.1 Å². The van der Waals surface area contributed by atoms with E-state index in [0.717, 1.165) is 16.8 Å². The number of nitriles is 1. The summed E-state index contributed by atoms with van der Waals surface area (Å²) < 4.78 is 14.4. The molecule has 29 heavy (non-hydrogen) atoms. The highest BCUT2D eigenvalue weighted by atomic mass is 19.1. The molecule has 1 atom stereocenters. The third-order valence-electron chi connectivity index (χ3n) is 4.13. The smallest absolute Gasteiger partial charge is 0.305 e. The number of rotatable bonds is 6. The predicted molar refractivity (Wildman–Crippen MR) is 100.0 cm³/mol. The Bertz CT molecular complexity index is 1180. The number of benzene rings is 2. The van der Waals surface area contributed by atoms with Crippen LogP contribution >= 0.6 is 0 Å². The predicted octanol–water partition coefficient (Wildman–Crippen LogP) is 2.12. The summed E-state index contributed by atoms with van der Waals surface area (Å²) in [6.45, 7) is 0. The molecular formula is C20H15FN4O4. The van der Waals surface area contributed by atoms with Gasteiger partial charge in [0.25, 0.3) is 11.5 Å². The molecule has 3 rings (SSSR count). The first-order valence-electron chi connectivity index (χ1n) is 8.48. The number of carboxylic acids is 1. The fraction of sp³-hybridized carbons (Fsp3) is 0.100. The average Bonchev–Trinajstić information content (AvgIpc) is 3.09. The highest BCUT2D eigenvalue weighted by molar-refractivity contribution is 5.92. The van der Waals surface area contributed by atoms with Gasteiger partial charge in [-0.25, -0.2) is 9.07 Å². The molecule has 3 aromatic rings. The largest absolute Gasteiger partial charge is 0.481 e. The summed E-state index contributed by atoms with van der Waals surface area (Å²) >= 11 is 0. The molecule has 1 heterocycles. The number of carbonyl (C=O) groups excluding carboxylic acids is 1. The Morgan fingerprint density at radius 3 is 2.66 bits per heavy atom. The van der Waals surface area contributed by atoms with Gasteiger partial charge in [-0.05, 0) is 35.9 Å². The second-order valence-corrected chi connectivity index (χ2v) is 6.18. The van der Waals surface area contributed by atoms with E-state index in [4.69, 9.17) is 10.4 Å². The molecule has 0 spiro atoms. The molecule has 1 amide bonds. The van der Waals surface area contributed by atoms with Crippen LogP contribution in [0.4, 0.5) is 4.39 Å². The van der Waals surface area contributed by atoms with E-state index in [1.807, 2.05) is 6.07 Å². The van der Waals surface area contributed by atoms with Gasteiger partial charge in [-0.1, -0.05) is 18.2 Å². The van der Waals surface area contributed by atoms with Crippen LogP contribution < -0.4 is 10.9 Å². The number of carboxylic acid groups (broad SMARTS) is 1. The number of carbonyl (C=O) groups is 2. The molecule has 2 aromatic carbocycles.